The van der Waals surface area contributed by atoms with Crippen LogP contribution >= 0.6 is 27.3 Å². The number of hydrogen-bond donors (Lipinski definition) is 5. The molecule has 1 aromatic heterocycles. The Balaban J connectivity index is 1.66. The van der Waals surface area contributed by atoms with Crippen molar-refractivity contribution >= 4 is 49.2 Å². The van der Waals surface area contributed by atoms with E-state index in [0.29, 0.717) is 21.4 Å². The lowest BCUT2D eigenvalue weighted by atomic mass is 9.96. The number of benzene rings is 1. The first-order chi connectivity index (χ1) is 15.9. The van der Waals surface area contributed by atoms with Crippen molar-refractivity contribution in [3.05, 3.63) is 50.8 Å². The molecule has 1 fully saturated rings. The van der Waals surface area contributed by atoms with Gasteiger partial charge in [0.2, 0.25) is 10.0 Å². The number of rotatable bonds is 7. The minimum atomic E-state index is -4.11. The van der Waals surface area contributed by atoms with Gasteiger partial charge < -0.3 is 30.1 Å². The maximum absolute atomic E-state index is 12.7. The monoisotopic (exact) mass is 578 g/mol. The molecule has 14 heteroatoms. The molecule has 0 aliphatic carbocycles. The van der Waals surface area contributed by atoms with Crippen molar-refractivity contribution in [2.24, 2.45) is 0 Å². The number of carbonyl (C=O) groups is 2. The molecule has 1 aliphatic rings. The maximum atomic E-state index is 12.7. The summed E-state index contributed by atoms with van der Waals surface area (Å²) in [5, 5.41) is 33.6. The number of carbonyl (C=O) groups excluding carboxylic acids is 2. The second-order valence-electron chi connectivity index (χ2n) is 7.48. The Bertz CT molecular complexity index is 1170. The van der Waals surface area contributed by atoms with Gasteiger partial charge in [-0.3, -0.25) is 4.79 Å². The summed E-state index contributed by atoms with van der Waals surface area (Å²) in [7, 11) is -2.93. The fraction of sp³-hybridized carbons (Fsp3) is 0.400. The van der Waals surface area contributed by atoms with Crippen molar-refractivity contribution in [3.8, 4) is 0 Å². The first kappa shape index (κ1) is 26.7. The molecular weight excluding hydrogens is 556 g/mol. The van der Waals surface area contributed by atoms with Crippen molar-refractivity contribution in [3.63, 3.8) is 0 Å². The van der Waals surface area contributed by atoms with Gasteiger partial charge in [0, 0.05) is 16.6 Å². The number of amides is 1. The normalized spacial score (nSPS) is 25.1. The Kier molecular flexibility index (Phi) is 8.47. The number of methoxy groups -OCH3 is 1. The minimum absolute atomic E-state index is 0.101. The number of aryl methyl sites for hydroxylation is 1. The summed E-state index contributed by atoms with van der Waals surface area (Å²) in [4.78, 5) is 24.2. The number of aliphatic hydroxyl groups excluding tert-OH is 3. The molecular formula is C20H23BrN2O9S2. The van der Waals surface area contributed by atoms with Crippen LogP contribution in [0.4, 0.5) is 0 Å². The standard InChI is InChI=1S/C20H23BrN2O9S2/c1-9-6-13(18(27)31-2)33-20(9)34(29,30)22-8-12-15(24)16(25)14(19(28)32-12)23-17(26)10-4-3-5-11(21)7-10/h3-7,12,14-16,19,22,24-25,28H,8H2,1-2H3,(H,23,26)/t12-,14+,15-,16-,19+/m1/s1. The first-order valence-electron chi connectivity index (χ1n) is 9.89. The van der Waals surface area contributed by atoms with Crippen molar-refractivity contribution in [1.82, 2.24) is 10.0 Å². The molecule has 11 nitrogen and oxygen atoms in total. The minimum Gasteiger partial charge on any atom is -0.465 e. The van der Waals surface area contributed by atoms with E-state index in [-0.39, 0.29) is 14.6 Å². The molecule has 2 aromatic rings. The Morgan fingerprint density at radius 2 is 1.91 bits per heavy atom. The summed E-state index contributed by atoms with van der Waals surface area (Å²) >= 11 is 3.96. The number of halogens is 1. The van der Waals surface area contributed by atoms with Gasteiger partial charge in [0.15, 0.2) is 6.29 Å². The summed E-state index contributed by atoms with van der Waals surface area (Å²) in [5.74, 6) is -1.29. The second kappa shape index (κ2) is 10.8. The van der Waals surface area contributed by atoms with Crippen LogP contribution in [0, 0.1) is 6.92 Å². The van der Waals surface area contributed by atoms with Gasteiger partial charge >= 0.3 is 5.97 Å². The third-order valence-corrected chi connectivity index (χ3v) is 8.85. The topological polar surface area (TPSA) is 171 Å². The summed E-state index contributed by atoms with van der Waals surface area (Å²) < 4.78 is 38.1. The third-order valence-electron chi connectivity index (χ3n) is 5.08. The van der Waals surface area contributed by atoms with Crippen molar-refractivity contribution in [2.75, 3.05) is 13.7 Å². The molecule has 186 valence electrons. The average Bonchev–Trinajstić information content (AvgIpc) is 3.20. The fourth-order valence-electron chi connectivity index (χ4n) is 3.33. The SMILES string of the molecule is COC(=O)c1cc(C)c(S(=O)(=O)NC[C@H]2O[C@H](O)[C@@H](NC(=O)c3cccc(Br)c3)[C@@H](O)[C@@H]2O)s1. The Morgan fingerprint density at radius 1 is 1.21 bits per heavy atom. The lowest BCUT2D eigenvalue weighted by Gasteiger charge is -2.41. The van der Waals surface area contributed by atoms with Crippen molar-refractivity contribution < 1.29 is 42.8 Å². The molecule has 1 aliphatic heterocycles. The summed E-state index contributed by atoms with van der Waals surface area (Å²) in [6.07, 6.45) is -6.32. The molecule has 1 amide bonds. The zero-order valence-corrected chi connectivity index (χ0v) is 21.2. The van der Waals surface area contributed by atoms with Gasteiger partial charge in [-0.25, -0.2) is 17.9 Å². The van der Waals surface area contributed by atoms with Crippen LogP contribution in [0.1, 0.15) is 25.6 Å². The quantitative estimate of drug-likeness (QED) is 0.286. The van der Waals surface area contributed by atoms with Gasteiger partial charge in [0.25, 0.3) is 5.91 Å². The molecule has 1 saturated heterocycles. The molecule has 0 unspecified atom stereocenters. The van der Waals surface area contributed by atoms with Crippen LogP contribution in [-0.2, 0) is 19.5 Å². The van der Waals surface area contributed by atoms with Gasteiger partial charge in [-0.2, -0.15) is 0 Å². The highest BCUT2D eigenvalue weighted by Crippen LogP contribution is 2.28. The highest BCUT2D eigenvalue weighted by Gasteiger charge is 2.45. The molecule has 2 heterocycles. The molecule has 0 radical (unpaired) electrons. The fourth-order valence-corrected chi connectivity index (χ4v) is 6.43. The van der Waals surface area contributed by atoms with E-state index in [1.165, 1.54) is 32.2 Å². The summed E-state index contributed by atoms with van der Waals surface area (Å²) in [6.45, 7) is 1.02. The van der Waals surface area contributed by atoms with Crippen LogP contribution in [0.25, 0.3) is 0 Å². The number of aliphatic hydroxyl groups is 3. The number of nitrogens with one attached hydrogen (secondary N) is 2. The smallest absolute Gasteiger partial charge is 0.348 e. The number of ether oxygens (including phenoxy) is 2. The van der Waals surface area contributed by atoms with E-state index in [2.05, 4.69) is 30.7 Å². The molecule has 5 atom stereocenters. The largest absolute Gasteiger partial charge is 0.465 e. The van der Waals surface area contributed by atoms with E-state index in [4.69, 9.17) is 4.74 Å². The molecule has 1 aromatic carbocycles. The number of hydrogen-bond acceptors (Lipinski definition) is 10. The van der Waals surface area contributed by atoms with Gasteiger partial charge in [-0.15, -0.1) is 11.3 Å². The Morgan fingerprint density at radius 3 is 2.56 bits per heavy atom. The van der Waals surface area contributed by atoms with Crippen LogP contribution in [0.2, 0.25) is 0 Å². The number of thiophene rings is 1. The summed E-state index contributed by atoms with van der Waals surface area (Å²) in [6, 6.07) is 6.41. The van der Waals surface area contributed by atoms with E-state index < -0.39 is 59.1 Å². The first-order valence-corrected chi connectivity index (χ1v) is 13.0. The molecule has 5 N–H and O–H groups in total. The molecule has 0 spiro atoms. The van der Waals surface area contributed by atoms with Crippen LogP contribution in [-0.4, -0.2) is 79.9 Å². The van der Waals surface area contributed by atoms with E-state index in [0.717, 1.165) is 0 Å². The predicted octanol–water partition coefficient (Wildman–Crippen LogP) is 0.122. The lowest BCUT2D eigenvalue weighted by Crippen LogP contribution is -2.65. The number of sulfonamides is 1. The molecule has 3 rings (SSSR count). The highest BCUT2D eigenvalue weighted by atomic mass is 79.9. The Hall–Kier alpha value is -1.91. The van der Waals surface area contributed by atoms with E-state index in [1.54, 1.807) is 12.1 Å². The zero-order chi connectivity index (χ0) is 25.2. The third kappa shape index (κ3) is 5.83. The van der Waals surface area contributed by atoms with Crippen LogP contribution in [0.3, 0.4) is 0 Å². The highest BCUT2D eigenvalue weighted by molar-refractivity contribution is 9.10. The van der Waals surface area contributed by atoms with Gasteiger partial charge in [-0.1, -0.05) is 22.0 Å². The molecule has 0 bridgehead atoms. The van der Waals surface area contributed by atoms with Crippen LogP contribution in [0.15, 0.2) is 39.0 Å². The van der Waals surface area contributed by atoms with Gasteiger partial charge in [0.05, 0.1) is 7.11 Å². The molecule has 0 saturated carbocycles. The Labute approximate surface area is 207 Å². The maximum Gasteiger partial charge on any atom is 0.348 e. The van der Waals surface area contributed by atoms with Gasteiger partial charge in [0.1, 0.15) is 33.4 Å². The van der Waals surface area contributed by atoms with E-state index in [1.807, 2.05) is 0 Å². The zero-order valence-electron chi connectivity index (χ0n) is 18.0. The summed E-state index contributed by atoms with van der Waals surface area (Å²) in [5.41, 5.74) is 0.564. The number of esters is 1. The van der Waals surface area contributed by atoms with Gasteiger partial charge in [-0.05, 0) is 36.8 Å². The van der Waals surface area contributed by atoms with E-state index >= 15 is 0 Å². The second-order valence-corrected chi connectivity index (χ2v) is 11.4. The van der Waals surface area contributed by atoms with Crippen LogP contribution < -0.4 is 10.0 Å². The predicted molar refractivity (Wildman–Crippen MR) is 124 cm³/mol. The molecule has 34 heavy (non-hydrogen) atoms. The van der Waals surface area contributed by atoms with E-state index in [9.17, 15) is 33.3 Å². The lowest BCUT2D eigenvalue weighted by molar-refractivity contribution is -0.243. The van der Waals surface area contributed by atoms with Crippen LogP contribution in [0.5, 0.6) is 0 Å². The van der Waals surface area contributed by atoms with Crippen molar-refractivity contribution in [1.29, 1.82) is 0 Å². The average molecular weight is 579 g/mol. The van der Waals surface area contributed by atoms with Crippen molar-refractivity contribution in [2.45, 2.75) is 41.8 Å².